The summed E-state index contributed by atoms with van der Waals surface area (Å²) in [5, 5.41) is 11.2. The number of para-hydroxylation sites is 1. The van der Waals surface area contributed by atoms with Gasteiger partial charge >= 0.3 is 0 Å². The minimum atomic E-state index is -4.32. The van der Waals surface area contributed by atoms with E-state index in [2.05, 4.69) is 13.5 Å². The largest absolute Gasteiger partial charge is 0.293 e. The van der Waals surface area contributed by atoms with E-state index in [1.54, 1.807) is 12.1 Å². The van der Waals surface area contributed by atoms with Crippen LogP contribution in [-0.4, -0.2) is 19.9 Å². The van der Waals surface area contributed by atoms with E-state index >= 15 is 0 Å². The highest BCUT2D eigenvalue weighted by molar-refractivity contribution is 7.92. The second-order valence-electron chi connectivity index (χ2n) is 4.71. The lowest BCUT2D eigenvalue weighted by atomic mass is 10.2. The van der Waals surface area contributed by atoms with Crippen LogP contribution in [0.4, 0.5) is 11.4 Å². The van der Waals surface area contributed by atoms with Crippen LogP contribution in [0, 0.1) is 17.0 Å². The maximum absolute atomic E-state index is 12.9. The van der Waals surface area contributed by atoms with Crippen molar-refractivity contribution in [1.82, 2.24) is 0 Å². The molecule has 2 aromatic rings. The van der Waals surface area contributed by atoms with Crippen LogP contribution >= 0.6 is 0 Å². The van der Waals surface area contributed by atoms with Crippen molar-refractivity contribution in [1.29, 1.82) is 0 Å². The summed E-state index contributed by atoms with van der Waals surface area (Å²) in [5.74, 6) is 0. The van der Waals surface area contributed by atoms with E-state index in [1.807, 2.05) is 0 Å². The van der Waals surface area contributed by atoms with Crippen LogP contribution < -0.4 is 4.47 Å². The molecule has 0 fully saturated rings. The molecule has 2 aromatic carbocycles. The summed E-state index contributed by atoms with van der Waals surface area (Å²) >= 11 is 0. The van der Waals surface area contributed by atoms with Gasteiger partial charge in [0.05, 0.1) is 17.2 Å². The van der Waals surface area contributed by atoms with Crippen LogP contribution in [0.5, 0.6) is 0 Å². The maximum atomic E-state index is 12.9. The Morgan fingerprint density at radius 3 is 2.54 bits per heavy atom. The van der Waals surface area contributed by atoms with Gasteiger partial charge in [-0.25, -0.2) is 0 Å². The molecule has 0 heterocycles. The highest BCUT2D eigenvalue weighted by Crippen LogP contribution is 2.30. The van der Waals surface area contributed by atoms with Crippen LogP contribution in [0.2, 0.25) is 0 Å². The molecule has 0 aromatic heterocycles. The zero-order valence-electron chi connectivity index (χ0n) is 12.7. The lowest BCUT2D eigenvalue weighted by Gasteiger charge is -2.23. The summed E-state index contributed by atoms with van der Waals surface area (Å²) in [7, 11) is -4.32. The lowest BCUT2D eigenvalue weighted by molar-refractivity contribution is -0.387. The molecule has 0 saturated carbocycles. The molecule has 1 radical (unpaired) electrons. The molecule has 2 rings (SSSR count). The fraction of sp³-hybridized carbons (Fsp3) is 0.0625. The van der Waals surface area contributed by atoms with E-state index in [-0.39, 0.29) is 12.3 Å². The zero-order chi connectivity index (χ0) is 17.7. The van der Waals surface area contributed by atoms with Crippen molar-refractivity contribution in [3.63, 3.8) is 0 Å². The van der Waals surface area contributed by atoms with Crippen molar-refractivity contribution in [2.45, 2.75) is 4.90 Å². The number of anilines is 1. The molecule has 125 valence electrons. The molecular formula is C16H15N2O5S. The normalized spacial score (nSPS) is 11.0. The maximum Gasteiger partial charge on any atom is 0.293 e. The van der Waals surface area contributed by atoms with Gasteiger partial charge < -0.3 is 0 Å². The molecule has 7 nitrogen and oxygen atoms in total. The van der Waals surface area contributed by atoms with E-state index in [9.17, 15) is 18.5 Å². The number of rotatable bonds is 7. The molecule has 24 heavy (non-hydrogen) atoms. The number of nitro groups is 1. The third kappa shape index (κ3) is 3.61. The zero-order valence-corrected chi connectivity index (χ0v) is 13.5. The molecule has 0 atom stereocenters. The standard InChI is InChI=1S/C16H15N2O5S/c1-3-11-23-18(14-8-6-7-13(2)12-14)24(21,22)16-10-5-4-9-15(16)17(19)20/h3-10,12H,1-2,11H2. The molecule has 0 unspecified atom stereocenters. The lowest BCUT2D eigenvalue weighted by Crippen LogP contribution is -2.32. The van der Waals surface area contributed by atoms with Gasteiger partial charge in [-0.05, 0) is 30.7 Å². The van der Waals surface area contributed by atoms with Gasteiger partial charge in [0.25, 0.3) is 15.7 Å². The molecule has 0 amide bonds. The molecule has 0 aliphatic heterocycles. The van der Waals surface area contributed by atoms with Gasteiger partial charge in [-0.2, -0.15) is 8.42 Å². The van der Waals surface area contributed by atoms with Crippen molar-refractivity contribution in [3.05, 3.63) is 83.8 Å². The van der Waals surface area contributed by atoms with Crippen LogP contribution in [0.1, 0.15) is 5.56 Å². The van der Waals surface area contributed by atoms with E-state index < -0.39 is 25.5 Å². The molecule has 0 spiro atoms. The molecule has 8 heteroatoms. The Morgan fingerprint density at radius 1 is 1.21 bits per heavy atom. The van der Waals surface area contributed by atoms with E-state index in [0.717, 1.165) is 12.1 Å². The van der Waals surface area contributed by atoms with E-state index in [0.29, 0.717) is 10.0 Å². The Kier molecular flexibility index (Phi) is 5.32. The first-order chi connectivity index (χ1) is 11.4. The number of hydrogen-bond acceptors (Lipinski definition) is 5. The van der Waals surface area contributed by atoms with Gasteiger partial charge in [-0.3, -0.25) is 15.0 Å². The summed E-state index contributed by atoms with van der Waals surface area (Å²) in [6.07, 6.45) is 1.37. The van der Waals surface area contributed by atoms with Crippen LogP contribution in [0.15, 0.2) is 66.1 Å². The highest BCUT2D eigenvalue weighted by Gasteiger charge is 2.32. The van der Waals surface area contributed by atoms with Crippen molar-refractivity contribution in [2.75, 3.05) is 11.1 Å². The topological polar surface area (TPSA) is 89.8 Å². The van der Waals surface area contributed by atoms with Crippen LogP contribution in [-0.2, 0) is 14.9 Å². The van der Waals surface area contributed by atoms with Gasteiger partial charge in [-0.15, -0.1) is 11.0 Å². The monoisotopic (exact) mass is 347 g/mol. The second-order valence-corrected chi connectivity index (χ2v) is 6.43. The van der Waals surface area contributed by atoms with Crippen molar-refractivity contribution < 1.29 is 18.2 Å². The number of hydrogen-bond donors (Lipinski definition) is 0. The smallest absolute Gasteiger partial charge is 0.258 e. The van der Waals surface area contributed by atoms with Crippen molar-refractivity contribution >= 4 is 21.4 Å². The SMILES string of the molecule is [CH2]c1cccc(N(OCC=C)S(=O)(=O)c2ccccc2[N+](=O)[O-])c1. The molecular weight excluding hydrogens is 332 g/mol. The van der Waals surface area contributed by atoms with Gasteiger partial charge in [0.15, 0.2) is 4.90 Å². The summed E-state index contributed by atoms with van der Waals surface area (Å²) in [6.45, 7) is 7.12. The fourth-order valence-electron chi connectivity index (χ4n) is 1.99. The minimum absolute atomic E-state index is 0.0960. The van der Waals surface area contributed by atoms with Gasteiger partial charge in [0, 0.05) is 6.07 Å². The van der Waals surface area contributed by atoms with Crippen LogP contribution in [0.25, 0.3) is 0 Å². The first-order valence-electron chi connectivity index (χ1n) is 6.82. The van der Waals surface area contributed by atoms with E-state index in [1.165, 1.54) is 30.3 Å². The molecule has 0 saturated heterocycles. The van der Waals surface area contributed by atoms with Crippen molar-refractivity contribution in [3.8, 4) is 0 Å². The number of sulfonamides is 1. The summed E-state index contributed by atoms with van der Waals surface area (Å²) in [5.41, 5.74) is 0.218. The average Bonchev–Trinajstić information content (AvgIpc) is 2.55. The number of benzene rings is 2. The van der Waals surface area contributed by atoms with E-state index in [4.69, 9.17) is 4.84 Å². The summed E-state index contributed by atoms with van der Waals surface area (Å²) < 4.78 is 26.5. The Labute approximate surface area is 139 Å². The predicted molar refractivity (Wildman–Crippen MR) is 89.8 cm³/mol. The van der Waals surface area contributed by atoms with Gasteiger partial charge in [0.1, 0.15) is 0 Å². The third-order valence-electron chi connectivity index (χ3n) is 2.99. The van der Waals surface area contributed by atoms with Gasteiger partial charge in [-0.1, -0.05) is 30.3 Å². The quantitative estimate of drug-likeness (QED) is 0.436. The van der Waals surface area contributed by atoms with Crippen LogP contribution in [0.3, 0.4) is 0 Å². The Morgan fingerprint density at radius 2 is 1.92 bits per heavy atom. The molecule has 0 aliphatic rings. The predicted octanol–water partition coefficient (Wildman–Crippen LogP) is 3.09. The third-order valence-corrected chi connectivity index (χ3v) is 4.64. The molecule has 0 N–H and O–H groups in total. The first-order valence-corrected chi connectivity index (χ1v) is 8.26. The fourth-order valence-corrected chi connectivity index (χ4v) is 3.42. The summed E-state index contributed by atoms with van der Waals surface area (Å²) in [6, 6.07) is 11.4. The molecule has 0 aliphatic carbocycles. The Hall–Kier alpha value is -2.71. The average molecular weight is 347 g/mol. The number of nitro benzene ring substituents is 1. The first kappa shape index (κ1) is 17.6. The Balaban J connectivity index is 2.60. The van der Waals surface area contributed by atoms with Crippen molar-refractivity contribution in [2.24, 2.45) is 0 Å². The van der Waals surface area contributed by atoms with Gasteiger partial charge in [0.2, 0.25) is 0 Å². The Bertz CT molecular complexity index is 864. The summed E-state index contributed by atoms with van der Waals surface area (Å²) in [4.78, 5) is 15.2. The molecule has 0 bridgehead atoms. The number of nitrogens with zero attached hydrogens (tertiary/aromatic N) is 2. The minimum Gasteiger partial charge on any atom is -0.258 e. The second kappa shape index (κ2) is 7.24. The highest BCUT2D eigenvalue weighted by atomic mass is 32.2.